The highest BCUT2D eigenvalue weighted by Gasteiger charge is 2.19. The lowest BCUT2D eigenvalue weighted by atomic mass is 9.97. The topological polar surface area (TPSA) is 49.4 Å². The lowest BCUT2D eigenvalue weighted by molar-refractivity contribution is -0.314. The maximum atomic E-state index is 10.3. The predicted octanol–water partition coefficient (Wildman–Crippen LogP) is -0.449. The molecule has 0 spiro atoms. The Bertz CT molecular complexity index is 133. The van der Waals surface area contributed by atoms with E-state index in [2.05, 4.69) is 0 Å². The van der Waals surface area contributed by atoms with Gasteiger partial charge in [0, 0.05) is 18.5 Å². The summed E-state index contributed by atoms with van der Waals surface area (Å²) in [5, 5.41) is 10.3. The fourth-order valence-corrected chi connectivity index (χ4v) is 1.21. The van der Waals surface area contributed by atoms with Crippen molar-refractivity contribution < 1.29 is 14.6 Å². The summed E-state index contributed by atoms with van der Waals surface area (Å²) >= 11 is 0. The summed E-state index contributed by atoms with van der Waals surface area (Å²) in [7, 11) is 0. The van der Waals surface area contributed by atoms with Gasteiger partial charge in [-0.05, 0) is 19.8 Å². The molecule has 0 aliphatic carbocycles. The van der Waals surface area contributed by atoms with Crippen molar-refractivity contribution in [3.63, 3.8) is 0 Å². The van der Waals surface area contributed by atoms with Crippen LogP contribution < -0.4 is 5.11 Å². The predicted molar refractivity (Wildman–Crippen MR) is 33.1 cm³/mol. The summed E-state index contributed by atoms with van der Waals surface area (Å²) in [6.45, 7) is 2.44. The van der Waals surface area contributed by atoms with Crippen LogP contribution in [-0.2, 0) is 9.53 Å². The molecule has 0 aromatic carbocycles. The van der Waals surface area contributed by atoms with Crippen molar-refractivity contribution >= 4 is 5.97 Å². The number of rotatable bonds is 1. The van der Waals surface area contributed by atoms with Crippen LogP contribution >= 0.6 is 0 Å². The molecule has 1 rings (SSSR count). The van der Waals surface area contributed by atoms with Gasteiger partial charge in [-0.3, -0.25) is 0 Å². The number of hydrogen-bond acceptors (Lipinski definition) is 3. The van der Waals surface area contributed by atoms with Crippen LogP contribution in [0.1, 0.15) is 19.8 Å². The number of carbonyl (C=O) groups excluding carboxylic acids is 1. The first-order valence-electron chi connectivity index (χ1n) is 3.52. The number of hydrogen-bond donors (Lipinski definition) is 0. The summed E-state index contributed by atoms with van der Waals surface area (Å²) in [6.07, 6.45) is 1.28. The van der Waals surface area contributed by atoms with E-state index in [9.17, 15) is 9.90 Å². The molecule has 0 radical (unpaired) electrons. The minimum absolute atomic E-state index is 0.0802. The summed E-state index contributed by atoms with van der Waals surface area (Å²) in [5.74, 6) is -1.22. The van der Waals surface area contributed by atoms with Gasteiger partial charge < -0.3 is 14.6 Å². The van der Waals surface area contributed by atoms with Crippen LogP contribution in [0.4, 0.5) is 0 Å². The van der Waals surface area contributed by atoms with Gasteiger partial charge in [-0.25, -0.2) is 0 Å². The number of carbonyl (C=O) groups is 1. The van der Waals surface area contributed by atoms with E-state index >= 15 is 0 Å². The molecule has 58 valence electrons. The van der Waals surface area contributed by atoms with Crippen molar-refractivity contribution in [2.45, 2.75) is 25.9 Å². The summed E-state index contributed by atoms with van der Waals surface area (Å²) in [4.78, 5) is 10.3. The van der Waals surface area contributed by atoms with Crippen LogP contribution in [0, 0.1) is 5.92 Å². The normalized spacial score (nSPS) is 33.7. The summed E-state index contributed by atoms with van der Waals surface area (Å²) < 4.78 is 5.17. The van der Waals surface area contributed by atoms with E-state index in [4.69, 9.17) is 4.74 Å². The highest BCUT2D eigenvalue weighted by atomic mass is 16.5. The highest BCUT2D eigenvalue weighted by molar-refractivity contribution is 5.67. The van der Waals surface area contributed by atoms with E-state index in [1.807, 2.05) is 6.92 Å². The monoisotopic (exact) mass is 143 g/mol. The molecule has 1 fully saturated rings. The third-order valence-corrected chi connectivity index (χ3v) is 1.82. The van der Waals surface area contributed by atoms with Gasteiger partial charge in [0.25, 0.3) is 0 Å². The van der Waals surface area contributed by atoms with Crippen molar-refractivity contribution in [3.05, 3.63) is 0 Å². The standard InChI is InChI=1S/C7H12O3/c1-5-4-6(7(8)9)2-3-10-5/h5-6H,2-4H2,1H3,(H,8,9)/p-1/t5-,6+/m0/s1. The molecule has 3 nitrogen and oxygen atoms in total. The molecule has 0 bridgehead atoms. The Labute approximate surface area is 60.0 Å². The quantitative estimate of drug-likeness (QED) is 0.499. The van der Waals surface area contributed by atoms with E-state index in [1.165, 1.54) is 0 Å². The molecule has 10 heavy (non-hydrogen) atoms. The Kier molecular flexibility index (Phi) is 2.27. The van der Waals surface area contributed by atoms with E-state index < -0.39 is 5.97 Å². The molecule has 1 aliphatic heterocycles. The Morgan fingerprint density at radius 1 is 1.70 bits per heavy atom. The van der Waals surface area contributed by atoms with Crippen LogP contribution in [0.15, 0.2) is 0 Å². The van der Waals surface area contributed by atoms with Crippen molar-refractivity contribution in [2.24, 2.45) is 5.92 Å². The second kappa shape index (κ2) is 3.01. The third kappa shape index (κ3) is 1.70. The first kappa shape index (κ1) is 7.54. The van der Waals surface area contributed by atoms with Gasteiger partial charge >= 0.3 is 0 Å². The van der Waals surface area contributed by atoms with Crippen molar-refractivity contribution in [2.75, 3.05) is 6.61 Å². The summed E-state index contributed by atoms with van der Waals surface area (Å²) in [5.41, 5.74) is 0. The maximum Gasteiger partial charge on any atom is 0.0553 e. The molecule has 0 N–H and O–H groups in total. The van der Waals surface area contributed by atoms with Gasteiger partial charge in [-0.2, -0.15) is 0 Å². The zero-order chi connectivity index (χ0) is 7.56. The molecule has 3 heteroatoms. The molecule has 1 aliphatic rings. The van der Waals surface area contributed by atoms with Crippen LogP contribution in [0.5, 0.6) is 0 Å². The Morgan fingerprint density at radius 2 is 2.40 bits per heavy atom. The van der Waals surface area contributed by atoms with Gasteiger partial charge in [-0.1, -0.05) is 0 Å². The van der Waals surface area contributed by atoms with E-state index in [0.29, 0.717) is 19.4 Å². The summed E-state index contributed by atoms with van der Waals surface area (Å²) in [6, 6.07) is 0. The third-order valence-electron chi connectivity index (χ3n) is 1.82. The molecule has 0 saturated carbocycles. The van der Waals surface area contributed by atoms with E-state index in [0.717, 1.165) is 0 Å². The smallest absolute Gasteiger partial charge is 0.0553 e. The van der Waals surface area contributed by atoms with Gasteiger partial charge in [0.15, 0.2) is 0 Å². The molecule has 0 aromatic rings. The van der Waals surface area contributed by atoms with Gasteiger partial charge in [0.05, 0.1) is 6.10 Å². The number of carboxylic acids is 1. The molecule has 0 amide bonds. The Hall–Kier alpha value is -0.570. The first-order valence-corrected chi connectivity index (χ1v) is 3.52. The van der Waals surface area contributed by atoms with Crippen molar-refractivity contribution in [3.8, 4) is 0 Å². The lowest BCUT2D eigenvalue weighted by Crippen LogP contribution is -2.37. The first-order chi connectivity index (χ1) is 4.70. The maximum absolute atomic E-state index is 10.3. The van der Waals surface area contributed by atoms with Gasteiger partial charge in [0.1, 0.15) is 0 Å². The molecular weight excluding hydrogens is 132 g/mol. The van der Waals surface area contributed by atoms with Gasteiger partial charge in [0.2, 0.25) is 0 Å². The molecule has 1 saturated heterocycles. The van der Waals surface area contributed by atoms with Crippen LogP contribution in [-0.4, -0.2) is 18.7 Å². The fourth-order valence-electron chi connectivity index (χ4n) is 1.21. The molecule has 0 unspecified atom stereocenters. The van der Waals surface area contributed by atoms with Crippen LogP contribution in [0.25, 0.3) is 0 Å². The Morgan fingerprint density at radius 3 is 2.80 bits per heavy atom. The average molecular weight is 143 g/mol. The highest BCUT2D eigenvalue weighted by Crippen LogP contribution is 2.18. The zero-order valence-electron chi connectivity index (χ0n) is 6.00. The number of aliphatic carboxylic acids is 1. The molecular formula is C7H11O3-. The van der Waals surface area contributed by atoms with Gasteiger partial charge in [-0.15, -0.1) is 0 Å². The average Bonchev–Trinajstić information content (AvgIpc) is 1.88. The minimum Gasteiger partial charge on any atom is -0.550 e. The zero-order valence-corrected chi connectivity index (χ0v) is 6.00. The molecule has 0 aromatic heterocycles. The molecule has 2 atom stereocenters. The van der Waals surface area contributed by atoms with Crippen molar-refractivity contribution in [1.29, 1.82) is 0 Å². The SMILES string of the molecule is C[C@H]1C[C@H](C(=O)[O-])CCO1. The van der Waals surface area contributed by atoms with Crippen molar-refractivity contribution in [1.82, 2.24) is 0 Å². The van der Waals surface area contributed by atoms with E-state index in [-0.39, 0.29) is 12.0 Å². The second-order valence-electron chi connectivity index (χ2n) is 2.72. The largest absolute Gasteiger partial charge is 0.550 e. The fraction of sp³-hybridized carbons (Fsp3) is 0.857. The minimum atomic E-state index is -0.935. The molecule has 1 heterocycles. The number of carboxylic acid groups (broad SMARTS) is 1. The van der Waals surface area contributed by atoms with E-state index in [1.54, 1.807) is 0 Å². The Balaban J connectivity index is 2.39. The van der Waals surface area contributed by atoms with Crippen LogP contribution in [0.2, 0.25) is 0 Å². The van der Waals surface area contributed by atoms with Crippen LogP contribution in [0.3, 0.4) is 0 Å². The number of ether oxygens (including phenoxy) is 1. The lowest BCUT2D eigenvalue weighted by Gasteiger charge is -2.27. The second-order valence-corrected chi connectivity index (χ2v) is 2.72.